The number of ether oxygens (including phenoxy) is 1. The Balaban J connectivity index is 1.45. The van der Waals surface area contributed by atoms with Gasteiger partial charge in [-0.3, -0.25) is 9.59 Å². The van der Waals surface area contributed by atoms with Crippen LogP contribution in [0.2, 0.25) is 5.02 Å². The van der Waals surface area contributed by atoms with E-state index in [0.717, 1.165) is 11.4 Å². The summed E-state index contributed by atoms with van der Waals surface area (Å²) in [6.07, 6.45) is 5.26. The Morgan fingerprint density at radius 3 is 2.86 bits per heavy atom. The highest BCUT2D eigenvalue weighted by Crippen LogP contribution is 2.29. The minimum absolute atomic E-state index is 0.0908. The third-order valence-corrected chi connectivity index (χ3v) is 5.16. The van der Waals surface area contributed by atoms with Gasteiger partial charge in [-0.25, -0.2) is 4.98 Å². The molecule has 0 unspecified atom stereocenters. The van der Waals surface area contributed by atoms with Crippen LogP contribution < -0.4 is 15.0 Å². The summed E-state index contributed by atoms with van der Waals surface area (Å²) in [5.41, 5.74) is 2.07. The van der Waals surface area contributed by atoms with E-state index >= 15 is 0 Å². The van der Waals surface area contributed by atoms with Crippen LogP contribution in [0.4, 0.5) is 11.4 Å². The van der Waals surface area contributed by atoms with Gasteiger partial charge in [0, 0.05) is 42.8 Å². The minimum atomic E-state index is -0.444. The number of carbonyl (C=O) groups excluding carboxylic acids is 2. The van der Waals surface area contributed by atoms with E-state index in [2.05, 4.69) is 10.3 Å². The van der Waals surface area contributed by atoms with Crippen molar-refractivity contribution in [3.8, 4) is 11.4 Å². The molecule has 3 aromatic rings. The van der Waals surface area contributed by atoms with Gasteiger partial charge in [-0.1, -0.05) is 17.7 Å². The Labute approximate surface area is 172 Å². The molecule has 2 heterocycles. The van der Waals surface area contributed by atoms with Gasteiger partial charge in [-0.05, 0) is 30.3 Å². The molecular weight excluding hydrogens is 392 g/mol. The molecule has 0 spiro atoms. The molecular formula is C21H19ClN4O3. The van der Waals surface area contributed by atoms with Crippen LogP contribution >= 0.6 is 11.6 Å². The molecule has 1 atom stereocenters. The quantitative estimate of drug-likeness (QED) is 0.698. The Hall–Kier alpha value is -3.32. The summed E-state index contributed by atoms with van der Waals surface area (Å²) in [5.74, 6) is -0.0845. The molecule has 0 aliphatic carbocycles. The van der Waals surface area contributed by atoms with E-state index in [-0.39, 0.29) is 18.2 Å². The van der Waals surface area contributed by atoms with E-state index in [9.17, 15) is 9.59 Å². The number of halogens is 1. The van der Waals surface area contributed by atoms with Crippen LogP contribution in [0, 0.1) is 5.92 Å². The van der Waals surface area contributed by atoms with Gasteiger partial charge >= 0.3 is 0 Å². The molecule has 2 amide bonds. The lowest BCUT2D eigenvalue weighted by molar-refractivity contribution is -0.122. The van der Waals surface area contributed by atoms with Crippen molar-refractivity contribution < 1.29 is 14.3 Å². The number of aromatic nitrogens is 2. The lowest BCUT2D eigenvalue weighted by atomic mass is 10.1. The van der Waals surface area contributed by atoms with E-state index in [4.69, 9.17) is 16.3 Å². The van der Waals surface area contributed by atoms with E-state index in [1.807, 2.05) is 24.3 Å². The number of rotatable bonds is 5. The maximum absolute atomic E-state index is 12.7. The first-order valence-electron chi connectivity index (χ1n) is 9.08. The van der Waals surface area contributed by atoms with E-state index in [0.29, 0.717) is 23.0 Å². The van der Waals surface area contributed by atoms with E-state index in [1.165, 1.54) is 0 Å². The maximum atomic E-state index is 12.7. The fourth-order valence-electron chi connectivity index (χ4n) is 3.35. The van der Waals surface area contributed by atoms with Gasteiger partial charge in [-0.2, -0.15) is 0 Å². The Bertz CT molecular complexity index is 1050. The summed E-state index contributed by atoms with van der Waals surface area (Å²) in [6.45, 7) is 0.318. The van der Waals surface area contributed by atoms with Gasteiger partial charge in [0.1, 0.15) is 5.75 Å². The summed E-state index contributed by atoms with van der Waals surface area (Å²) in [5, 5.41) is 3.35. The van der Waals surface area contributed by atoms with E-state index in [1.54, 1.807) is 53.5 Å². The van der Waals surface area contributed by atoms with Gasteiger partial charge in [0.2, 0.25) is 11.8 Å². The summed E-state index contributed by atoms with van der Waals surface area (Å²) in [6, 6.07) is 12.5. The summed E-state index contributed by atoms with van der Waals surface area (Å²) in [4.78, 5) is 30.8. The zero-order chi connectivity index (χ0) is 20.4. The third-order valence-electron chi connectivity index (χ3n) is 4.86. The van der Waals surface area contributed by atoms with Crippen LogP contribution in [0.5, 0.6) is 5.75 Å². The molecule has 0 bridgehead atoms. The van der Waals surface area contributed by atoms with Gasteiger partial charge in [0.15, 0.2) is 0 Å². The second kappa shape index (κ2) is 7.97. The largest absolute Gasteiger partial charge is 0.497 e. The number of nitrogens with one attached hydrogen (secondary N) is 1. The average molecular weight is 411 g/mol. The highest BCUT2D eigenvalue weighted by Gasteiger charge is 2.35. The van der Waals surface area contributed by atoms with Crippen LogP contribution in [0.1, 0.15) is 6.42 Å². The monoisotopic (exact) mass is 410 g/mol. The zero-order valence-electron chi connectivity index (χ0n) is 15.7. The molecule has 4 rings (SSSR count). The minimum Gasteiger partial charge on any atom is -0.497 e. The predicted octanol–water partition coefficient (Wildman–Crippen LogP) is 3.53. The molecule has 0 radical (unpaired) electrons. The fourth-order valence-corrected chi connectivity index (χ4v) is 3.63. The van der Waals surface area contributed by atoms with Gasteiger partial charge in [0.05, 0.1) is 30.1 Å². The van der Waals surface area contributed by atoms with Crippen LogP contribution in [-0.2, 0) is 9.59 Å². The molecule has 7 nitrogen and oxygen atoms in total. The summed E-state index contributed by atoms with van der Waals surface area (Å²) in [7, 11) is 1.57. The lowest BCUT2D eigenvalue weighted by Crippen LogP contribution is -2.28. The number of amides is 2. The molecule has 0 saturated carbocycles. The number of benzene rings is 2. The number of imidazole rings is 1. The topological polar surface area (TPSA) is 76.5 Å². The van der Waals surface area contributed by atoms with Crippen molar-refractivity contribution in [2.75, 3.05) is 23.9 Å². The standard InChI is InChI=1S/C21H19ClN4O3/c1-29-17-4-2-3-16(11-17)26-12-14(9-20(26)27)21(28)24-15-5-6-19(18(22)10-15)25-8-7-23-13-25/h2-8,10-11,13-14H,9,12H2,1H3,(H,24,28)/t14-/m1/s1. The number of hydrogen-bond acceptors (Lipinski definition) is 4. The molecule has 2 aromatic carbocycles. The Morgan fingerprint density at radius 1 is 1.28 bits per heavy atom. The first-order chi connectivity index (χ1) is 14.0. The maximum Gasteiger partial charge on any atom is 0.229 e. The average Bonchev–Trinajstić information content (AvgIpc) is 3.38. The van der Waals surface area contributed by atoms with Crippen LogP contribution in [0.3, 0.4) is 0 Å². The summed E-state index contributed by atoms with van der Waals surface area (Å²) < 4.78 is 7.00. The second-order valence-electron chi connectivity index (χ2n) is 6.73. The smallest absolute Gasteiger partial charge is 0.229 e. The Kier molecular flexibility index (Phi) is 5.22. The number of methoxy groups -OCH3 is 1. The molecule has 8 heteroatoms. The molecule has 29 heavy (non-hydrogen) atoms. The molecule has 1 aliphatic rings. The number of nitrogens with zero attached hydrogens (tertiary/aromatic N) is 3. The zero-order valence-corrected chi connectivity index (χ0v) is 16.5. The molecule has 1 saturated heterocycles. The predicted molar refractivity (Wildman–Crippen MR) is 111 cm³/mol. The van der Waals surface area contributed by atoms with E-state index < -0.39 is 5.92 Å². The Morgan fingerprint density at radius 2 is 2.14 bits per heavy atom. The van der Waals surface area contributed by atoms with Crippen LogP contribution in [0.25, 0.3) is 5.69 Å². The number of anilines is 2. The SMILES string of the molecule is COc1cccc(N2C[C@H](C(=O)Nc3ccc(-n4ccnc4)c(Cl)c3)CC2=O)c1. The van der Waals surface area contributed by atoms with Crippen molar-refractivity contribution in [3.05, 3.63) is 66.2 Å². The van der Waals surface area contributed by atoms with Gasteiger partial charge in [0.25, 0.3) is 0 Å². The number of carbonyl (C=O) groups is 2. The van der Waals surface area contributed by atoms with Gasteiger partial charge in [-0.15, -0.1) is 0 Å². The molecule has 1 aromatic heterocycles. The van der Waals surface area contributed by atoms with Crippen LogP contribution in [-0.4, -0.2) is 35.0 Å². The normalized spacial score (nSPS) is 16.1. The fraction of sp³-hybridized carbons (Fsp3) is 0.190. The molecule has 1 fully saturated rings. The first kappa shape index (κ1) is 19.0. The van der Waals surface area contributed by atoms with Crippen molar-refractivity contribution >= 4 is 34.8 Å². The van der Waals surface area contributed by atoms with Crippen molar-refractivity contribution in [1.82, 2.24) is 9.55 Å². The first-order valence-corrected chi connectivity index (χ1v) is 9.46. The van der Waals surface area contributed by atoms with Crippen molar-refractivity contribution in [3.63, 3.8) is 0 Å². The highest BCUT2D eigenvalue weighted by atomic mass is 35.5. The number of hydrogen-bond donors (Lipinski definition) is 1. The van der Waals surface area contributed by atoms with Gasteiger partial charge < -0.3 is 19.5 Å². The molecule has 148 valence electrons. The lowest BCUT2D eigenvalue weighted by Gasteiger charge is -2.17. The third kappa shape index (κ3) is 3.95. The summed E-state index contributed by atoms with van der Waals surface area (Å²) >= 11 is 6.34. The van der Waals surface area contributed by atoms with Crippen molar-refractivity contribution in [2.45, 2.75) is 6.42 Å². The van der Waals surface area contributed by atoms with Crippen molar-refractivity contribution in [1.29, 1.82) is 0 Å². The van der Waals surface area contributed by atoms with Crippen molar-refractivity contribution in [2.24, 2.45) is 5.92 Å². The van der Waals surface area contributed by atoms with Crippen LogP contribution in [0.15, 0.2) is 61.2 Å². The highest BCUT2D eigenvalue weighted by molar-refractivity contribution is 6.32. The molecule has 1 aliphatic heterocycles. The second-order valence-corrected chi connectivity index (χ2v) is 7.14. The molecule has 1 N–H and O–H groups in total.